The Morgan fingerprint density at radius 2 is 1.83 bits per heavy atom. The summed E-state index contributed by atoms with van der Waals surface area (Å²) in [6.07, 6.45) is 1.53. The van der Waals surface area contributed by atoms with Gasteiger partial charge >= 0.3 is 5.97 Å². The van der Waals surface area contributed by atoms with Crippen molar-refractivity contribution >= 4 is 21.9 Å². The first kappa shape index (κ1) is 14.4. The van der Waals surface area contributed by atoms with Gasteiger partial charge in [0.1, 0.15) is 5.75 Å². The second kappa shape index (κ2) is 6.31. The second-order valence-electron chi connectivity index (χ2n) is 3.53. The van der Waals surface area contributed by atoms with Crippen molar-refractivity contribution in [2.75, 3.05) is 0 Å². The van der Waals surface area contributed by atoms with Crippen LogP contribution in [0.2, 0.25) is 0 Å². The van der Waals surface area contributed by atoms with Crippen molar-refractivity contribution in [2.24, 2.45) is 0 Å². The molecule has 0 unspecified atom stereocenters. The van der Waals surface area contributed by atoms with Gasteiger partial charge in [-0.2, -0.15) is 0 Å². The van der Waals surface area contributed by atoms with Crippen molar-refractivity contribution in [3.8, 4) is 5.75 Å². The highest BCUT2D eigenvalue weighted by Crippen LogP contribution is 2.14. The van der Waals surface area contributed by atoms with E-state index >= 15 is 0 Å². The van der Waals surface area contributed by atoms with E-state index in [1.807, 2.05) is 6.92 Å². The number of benzene rings is 1. The summed E-state index contributed by atoms with van der Waals surface area (Å²) < 4.78 is 6.10. The van der Waals surface area contributed by atoms with E-state index in [2.05, 4.69) is 20.9 Å². The van der Waals surface area contributed by atoms with E-state index in [4.69, 9.17) is 4.74 Å². The van der Waals surface area contributed by atoms with Gasteiger partial charge in [0.25, 0.3) is 0 Å². The van der Waals surface area contributed by atoms with Crippen molar-refractivity contribution < 1.29 is 9.53 Å². The lowest BCUT2D eigenvalue weighted by Crippen LogP contribution is -2.08. The molecule has 94 valence electrons. The number of hydrogen-bond donors (Lipinski definition) is 0. The fraction of sp³-hybridized carbons (Fsp3) is 0.143. The molecule has 0 radical (unpaired) electrons. The van der Waals surface area contributed by atoms with Crippen LogP contribution < -0.4 is 4.74 Å². The van der Waals surface area contributed by atoms with Gasteiger partial charge in [0, 0.05) is 10.2 Å². The molecule has 0 aliphatic rings. The van der Waals surface area contributed by atoms with Crippen LogP contribution in [0.3, 0.4) is 0 Å². The lowest BCUT2D eigenvalue weighted by atomic mass is 10.2. The molecular weight excluding hydrogens is 294 g/mol. The summed E-state index contributed by atoms with van der Waals surface area (Å²) in [5, 5.41) is 0. The Hall–Kier alpha value is -1.68. The Labute approximate surface area is 115 Å². The van der Waals surface area contributed by atoms with Gasteiger partial charge in [-0.1, -0.05) is 23.4 Å². The van der Waals surface area contributed by atoms with Crippen molar-refractivity contribution in [1.82, 2.24) is 4.98 Å². The zero-order valence-electron chi connectivity index (χ0n) is 9.18. The third kappa shape index (κ3) is 3.67. The van der Waals surface area contributed by atoms with Crippen LogP contribution in [0.25, 0.3) is 0 Å². The van der Waals surface area contributed by atoms with Gasteiger partial charge in [0.2, 0.25) is 0 Å². The van der Waals surface area contributed by atoms with E-state index in [0.29, 0.717) is 11.3 Å². The molecular formula is C14H14BrNO2. The average molecular weight is 308 g/mol. The summed E-state index contributed by atoms with van der Waals surface area (Å²) in [5.41, 5.74) is 1.39. The Morgan fingerprint density at radius 3 is 2.39 bits per heavy atom. The van der Waals surface area contributed by atoms with Gasteiger partial charge in [-0.3, -0.25) is 4.98 Å². The minimum absolute atomic E-state index is 0. The number of carbonyl (C=O) groups excluding carboxylic acids is 1. The van der Waals surface area contributed by atoms with Gasteiger partial charge in [-0.25, -0.2) is 4.79 Å². The third-order valence-electron chi connectivity index (χ3n) is 2.17. The van der Waals surface area contributed by atoms with Gasteiger partial charge < -0.3 is 4.74 Å². The SMILES string of the molecule is C.Cc1ccc(OC(=O)c2ccc(Br)cc2)cn1. The molecule has 0 N–H and O–H groups in total. The first-order valence-electron chi connectivity index (χ1n) is 5.05. The highest BCUT2D eigenvalue weighted by atomic mass is 79.9. The number of halogens is 1. The van der Waals surface area contributed by atoms with Crippen molar-refractivity contribution in [3.05, 3.63) is 58.3 Å². The lowest BCUT2D eigenvalue weighted by Gasteiger charge is -2.04. The zero-order chi connectivity index (χ0) is 12.3. The summed E-state index contributed by atoms with van der Waals surface area (Å²) in [5.74, 6) is 0.0617. The number of hydrogen-bond acceptors (Lipinski definition) is 3. The Morgan fingerprint density at radius 1 is 1.17 bits per heavy atom. The maximum Gasteiger partial charge on any atom is 0.343 e. The molecule has 0 aliphatic carbocycles. The molecule has 2 rings (SSSR count). The quantitative estimate of drug-likeness (QED) is 0.787. The Kier molecular flexibility index (Phi) is 5.04. The highest BCUT2D eigenvalue weighted by molar-refractivity contribution is 9.10. The molecule has 0 amide bonds. The van der Waals surface area contributed by atoms with Crippen molar-refractivity contribution in [2.45, 2.75) is 14.4 Å². The molecule has 18 heavy (non-hydrogen) atoms. The smallest absolute Gasteiger partial charge is 0.343 e. The number of carbonyl (C=O) groups is 1. The number of aromatic nitrogens is 1. The lowest BCUT2D eigenvalue weighted by molar-refractivity contribution is 0.0734. The summed E-state index contributed by atoms with van der Waals surface area (Å²) >= 11 is 3.31. The predicted octanol–water partition coefficient (Wildman–Crippen LogP) is 4.01. The maximum atomic E-state index is 11.7. The monoisotopic (exact) mass is 307 g/mol. The molecule has 0 saturated carbocycles. The van der Waals surface area contributed by atoms with E-state index < -0.39 is 0 Å². The van der Waals surface area contributed by atoms with Crippen molar-refractivity contribution in [1.29, 1.82) is 0 Å². The molecule has 1 aromatic carbocycles. The molecule has 1 aromatic heterocycles. The van der Waals surface area contributed by atoms with Crippen LogP contribution >= 0.6 is 15.9 Å². The average Bonchev–Trinajstić information content (AvgIpc) is 2.33. The second-order valence-corrected chi connectivity index (χ2v) is 4.45. The molecule has 2 aromatic rings. The zero-order valence-corrected chi connectivity index (χ0v) is 10.8. The Bertz CT molecular complexity index is 520. The molecule has 0 saturated heterocycles. The largest absolute Gasteiger partial charge is 0.421 e. The van der Waals surface area contributed by atoms with Crippen molar-refractivity contribution in [3.63, 3.8) is 0 Å². The number of ether oxygens (including phenoxy) is 1. The van der Waals surface area contributed by atoms with Crippen LogP contribution in [0, 0.1) is 6.92 Å². The van der Waals surface area contributed by atoms with Gasteiger partial charge in [-0.15, -0.1) is 0 Å². The van der Waals surface area contributed by atoms with Crippen LogP contribution in [0.15, 0.2) is 47.1 Å². The fourth-order valence-corrected chi connectivity index (χ4v) is 1.53. The maximum absolute atomic E-state index is 11.7. The van der Waals surface area contributed by atoms with Crippen LogP contribution in [0.4, 0.5) is 0 Å². The third-order valence-corrected chi connectivity index (χ3v) is 2.70. The first-order valence-corrected chi connectivity index (χ1v) is 5.85. The van der Waals surface area contributed by atoms with Crippen LogP contribution in [-0.4, -0.2) is 11.0 Å². The van der Waals surface area contributed by atoms with E-state index in [1.165, 1.54) is 6.20 Å². The molecule has 0 aliphatic heterocycles. The molecule has 0 bridgehead atoms. The van der Waals surface area contributed by atoms with Gasteiger partial charge in [0.15, 0.2) is 0 Å². The molecule has 0 atom stereocenters. The summed E-state index contributed by atoms with van der Waals surface area (Å²) in [4.78, 5) is 15.8. The van der Waals surface area contributed by atoms with E-state index in [0.717, 1.165) is 10.2 Å². The molecule has 0 spiro atoms. The van der Waals surface area contributed by atoms with E-state index in [-0.39, 0.29) is 13.4 Å². The minimum Gasteiger partial charge on any atom is -0.421 e. The van der Waals surface area contributed by atoms with Crippen LogP contribution in [0.1, 0.15) is 23.5 Å². The molecule has 1 heterocycles. The van der Waals surface area contributed by atoms with E-state index in [9.17, 15) is 4.79 Å². The summed E-state index contributed by atoms with van der Waals surface area (Å²) in [7, 11) is 0. The molecule has 0 fully saturated rings. The fourth-order valence-electron chi connectivity index (χ4n) is 1.27. The van der Waals surface area contributed by atoms with Gasteiger partial charge in [-0.05, 0) is 43.3 Å². The topological polar surface area (TPSA) is 39.2 Å². The number of pyridine rings is 1. The van der Waals surface area contributed by atoms with Gasteiger partial charge in [0.05, 0.1) is 11.8 Å². The first-order chi connectivity index (χ1) is 8.15. The normalized spacial score (nSPS) is 9.44. The molecule has 4 heteroatoms. The standard InChI is InChI=1S/C13H10BrNO2.CH4/c1-9-2-7-12(8-15-9)17-13(16)10-3-5-11(14)6-4-10;/h2-8H,1H3;1H4. The summed E-state index contributed by atoms with van der Waals surface area (Å²) in [6.45, 7) is 1.88. The van der Waals surface area contributed by atoms with Crippen LogP contribution in [0.5, 0.6) is 5.75 Å². The Balaban J connectivity index is 0.00000162. The van der Waals surface area contributed by atoms with Crippen LogP contribution in [-0.2, 0) is 0 Å². The number of nitrogens with zero attached hydrogens (tertiary/aromatic N) is 1. The van der Waals surface area contributed by atoms with E-state index in [1.54, 1.807) is 36.4 Å². The minimum atomic E-state index is -0.386. The number of aryl methyl sites for hydroxylation is 1. The molecule has 3 nitrogen and oxygen atoms in total. The highest BCUT2D eigenvalue weighted by Gasteiger charge is 2.08. The number of esters is 1. The summed E-state index contributed by atoms with van der Waals surface area (Å²) in [6, 6.07) is 10.5. The predicted molar refractivity (Wildman–Crippen MR) is 74.8 cm³/mol. The number of rotatable bonds is 2.